The van der Waals surface area contributed by atoms with Crippen molar-refractivity contribution in [1.82, 2.24) is 9.55 Å². The molecule has 1 heterocycles. The lowest BCUT2D eigenvalue weighted by atomic mass is 9.75. The highest BCUT2D eigenvalue weighted by Gasteiger charge is 2.30. The van der Waals surface area contributed by atoms with E-state index in [4.69, 9.17) is 12.2 Å². The Morgan fingerprint density at radius 3 is 2.33 bits per heavy atom. The van der Waals surface area contributed by atoms with Gasteiger partial charge in [-0.3, -0.25) is 0 Å². The molecule has 0 aromatic carbocycles. The highest BCUT2D eigenvalue weighted by molar-refractivity contribution is 7.71. The summed E-state index contributed by atoms with van der Waals surface area (Å²) in [7, 11) is 0. The van der Waals surface area contributed by atoms with E-state index in [0.29, 0.717) is 11.5 Å². The molecule has 1 aromatic rings. The second kappa shape index (κ2) is 4.52. The summed E-state index contributed by atoms with van der Waals surface area (Å²) in [5.41, 5.74) is 2.01. The van der Waals surface area contributed by atoms with Crippen molar-refractivity contribution >= 4 is 12.2 Å². The highest BCUT2D eigenvalue weighted by Crippen LogP contribution is 2.41. The van der Waals surface area contributed by atoms with E-state index < -0.39 is 0 Å². The van der Waals surface area contributed by atoms with Crippen LogP contribution < -0.4 is 0 Å². The second-order valence-corrected chi connectivity index (χ2v) is 7.88. The molecule has 0 bridgehead atoms. The fourth-order valence-electron chi connectivity index (χ4n) is 2.96. The lowest BCUT2D eigenvalue weighted by molar-refractivity contribution is 0.189. The van der Waals surface area contributed by atoms with E-state index in [-0.39, 0.29) is 5.41 Å². The van der Waals surface area contributed by atoms with Crippen molar-refractivity contribution in [2.24, 2.45) is 5.41 Å². The van der Waals surface area contributed by atoms with Crippen molar-refractivity contribution in [1.29, 1.82) is 0 Å². The van der Waals surface area contributed by atoms with Crippen LogP contribution in [-0.2, 0) is 5.41 Å². The zero-order valence-electron chi connectivity index (χ0n) is 12.3. The zero-order chi connectivity index (χ0) is 13.6. The normalized spacial score (nSPS) is 21.2. The number of imidazole rings is 1. The number of nitrogens with one attached hydrogen (secondary N) is 1. The molecular formula is C15H26N2S. The lowest BCUT2D eigenvalue weighted by Gasteiger charge is -2.36. The molecule has 2 nitrogen and oxygen atoms in total. The topological polar surface area (TPSA) is 20.7 Å². The Morgan fingerprint density at radius 1 is 1.28 bits per heavy atom. The van der Waals surface area contributed by atoms with E-state index in [1.54, 1.807) is 0 Å². The van der Waals surface area contributed by atoms with E-state index in [0.717, 1.165) is 4.77 Å². The van der Waals surface area contributed by atoms with Gasteiger partial charge in [0.05, 0.1) is 0 Å². The Bertz CT molecular complexity index is 463. The van der Waals surface area contributed by atoms with Crippen molar-refractivity contribution in [3.05, 3.63) is 16.7 Å². The van der Waals surface area contributed by atoms with Gasteiger partial charge >= 0.3 is 0 Å². The molecule has 2 rings (SSSR count). The largest absolute Gasteiger partial charge is 0.337 e. The van der Waals surface area contributed by atoms with Gasteiger partial charge in [-0.05, 0) is 43.3 Å². The quantitative estimate of drug-likeness (QED) is 0.711. The average Bonchev–Trinajstić information content (AvgIpc) is 2.60. The van der Waals surface area contributed by atoms with Crippen LogP contribution in [0.25, 0.3) is 0 Å². The van der Waals surface area contributed by atoms with Crippen LogP contribution in [0.2, 0.25) is 0 Å². The van der Waals surface area contributed by atoms with Gasteiger partial charge in [0.2, 0.25) is 0 Å². The van der Waals surface area contributed by atoms with Crippen molar-refractivity contribution in [2.45, 2.75) is 71.8 Å². The predicted molar refractivity (Wildman–Crippen MR) is 79.6 cm³/mol. The molecule has 18 heavy (non-hydrogen) atoms. The number of nitrogens with zero attached hydrogens (tertiary/aromatic N) is 1. The fourth-order valence-corrected chi connectivity index (χ4v) is 3.27. The summed E-state index contributed by atoms with van der Waals surface area (Å²) >= 11 is 5.49. The minimum Gasteiger partial charge on any atom is -0.337 e. The maximum Gasteiger partial charge on any atom is 0.177 e. The highest BCUT2D eigenvalue weighted by atomic mass is 32.1. The van der Waals surface area contributed by atoms with E-state index >= 15 is 0 Å². The summed E-state index contributed by atoms with van der Waals surface area (Å²) in [5.74, 6) is 0. The van der Waals surface area contributed by atoms with Gasteiger partial charge in [-0.1, -0.05) is 34.6 Å². The van der Waals surface area contributed by atoms with Gasteiger partial charge in [-0.25, -0.2) is 0 Å². The number of rotatable bonds is 1. The number of hydrogen-bond acceptors (Lipinski definition) is 1. The average molecular weight is 266 g/mol. The van der Waals surface area contributed by atoms with Gasteiger partial charge in [0.15, 0.2) is 4.77 Å². The molecule has 1 saturated carbocycles. The molecule has 1 aromatic heterocycles. The first-order valence-corrected chi connectivity index (χ1v) is 7.42. The Kier molecular flexibility index (Phi) is 3.48. The van der Waals surface area contributed by atoms with Crippen LogP contribution in [0.3, 0.4) is 0 Å². The molecule has 0 spiro atoms. The molecule has 0 aliphatic heterocycles. The summed E-state index contributed by atoms with van der Waals surface area (Å²) in [5, 5.41) is 0. The number of H-pyrrole nitrogens is 1. The van der Waals surface area contributed by atoms with Crippen LogP contribution in [-0.4, -0.2) is 9.55 Å². The molecule has 1 N–H and O–H groups in total. The summed E-state index contributed by atoms with van der Waals surface area (Å²) in [6, 6.07) is 0.589. The third-order valence-electron chi connectivity index (χ3n) is 4.25. The number of hydrogen-bond donors (Lipinski definition) is 1. The Morgan fingerprint density at radius 2 is 1.83 bits per heavy atom. The Hall–Kier alpha value is -0.570. The Labute approximate surface area is 116 Å². The van der Waals surface area contributed by atoms with Crippen LogP contribution in [0.4, 0.5) is 0 Å². The molecule has 102 valence electrons. The van der Waals surface area contributed by atoms with Gasteiger partial charge < -0.3 is 9.55 Å². The first-order chi connectivity index (χ1) is 8.21. The smallest absolute Gasteiger partial charge is 0.177 e. The maximum atomic E-state index is 5.49. The summed E-state index contributed by atoms with van der Waals surface area (Å²) < 4.78 is 3.27. The zero-order valence-corrected chi connectivity index (χ0v) is 13.2. The molecule has 0 unspecified atom stereocenters. The van der Waals surface area contributed by atoms with E-state index in [1.165, 1.54) is 31.4 Å². The van der Waals surface area contributed by atoms with Crippen LogP contribution in [0.5, 0.6) is 0 Å². The summed E-state index contributed by atoms with van der Waals surface area (Å²) in [4.78, 5) is 3.24. The summed E-state index contributed by atoms with van der Waals surface area (Å²) in [6.45, 7) is 11.5. The number of aromatic amines is 1. The molecule has 1 aliphatic carbocycles. The molecule has 0 radical (unpaired) electrons. The number of aromatic nitrogens is 2. The third kappa shape index (κ3) is 2.71. The predicted octanol–water partition coefficient (Wildman–Crippen LogP) is 4.98. The van der Waals surface area contributed by atoms with Crippen molar-refractivity contribution in [2.75, 3.05) is 0 Å². The molecule has 3 heteroatoms. The van der Waals surface area contributed by atoms with Gasteiger partial charge in [-0.2, -0.15) is 0 Å². The molecule has 0 saturated heterocycles. The maximum absolute atomic E-state index is 5.49. The summed E-state index contributed by atoms with van der Waals surface area (Å²) in [6.07, 6.45) is 7.20. The molecule has 0 atom stereocenters. The monoisotopic (exact) mass is 266 g/mol. The van der Waals surface area contributed by atoms with Crippen LogP contribution >= 0.6 is 12.2 Å². The van der Waals surface area contributed by atoms with Crippen LogP contribution in [0.1, 0.15) is 72.0 Å². The minimum atomic E-state index is 0.153. The molecular weight excluding hydrogens is 240 g/mol. The van der Waals surface area contributed by atoms with Crippen LogP contribution in [0, 0.1) is 10.2 Å². The first kappa shape index (κ1) is 13.9. The lowest BCUT2D eigenvalue weighted by Crippen LogP contribution is -2.27. The van der Waals surface area contributed by atoms with Crippen molar-refractivity contribution in [3.8, 4) is 0 Å². The van der Waals surface area contributed by atoms with E-state index in [9.17, 15) is 0 Å². The fraction of sp³-hybridized carbons (Fsp3) is 0.800. The SMILES string of the molecule is CC1(C)CCC(n2c(C(C)(C)C)c[nH]c2=S)CC1. The third-order valence-corrected chi connectivity index (χ3v) is 4.57. The van der Waals surface area contributed by atoms with E-state index in [1.807, 2.05) is 0 Å². The van der Waals surface area contributed by atoms with Crippen molar-refractivity contribution in [3.63, 3.8) is 0 Å². The standard InChI is InChI=1S/C15H26N2S/c1-14(2,3)12-10-16-13(18)17(12)11-6-8-15(4,5)9-7-11/h10-11H,6-9H2,1-5H3,(H,16,18). The van der Waals surface area contributed by atoms with Gasteiger partial charge in [-0.15, -0.1) is 0 Å². The van der Waals surface area contributed by atoms with Gasteiger partial charge in [0, 0.05) is 23.3 Å². The van der Waals surface area contributed by atoms with E-state index in [2.05, 4.69) is 50.4 Å². The second-order valence-electron chi connectivity index (χ2n) is 7.49. The molecule has 0 amide bonds. The Balaban J connectivity index is 2.30. The van der Waals surface area contributed by atoms with Gasteiger partial charge in [0.25, 0.3) is 0 Å². The van der Waals surface area contributed by atoms with Gasteiger partial charge in [0.1, 0.15) is 0 Å². The van der Waals surface area contributed by atoms with Crippen LogP contribution in [0.15, 0.2) is 6.20 Å². The minimum absolute atomic E-state index is 0.153. The molecule has 1 aliphatic rings. The van der Waals surface area contributed by atoms with Crippen molar-refractivity contribution < 1.29 is 0 Å². The molecule has 1 fully saturated rings. The first-order valence-electron chi connectivity index (χ1n) is 7.01.